The number of methoxy groups -OCH3 is 1. The van der Waals surface area contributed by atoms with Gasteiger partial charge in [0.2, 0.25) is 0 Å². The number of hydrogen-bond acceptors (Lipinski definition) is 5. The molecule has 224 valence electrons. The van der Waals surface area contributed by atoms with Crippen molar-refractivity contribution in [2.24, 2.45) is 5.92 Å². The lowest BCUT2D eigenvalue weighted by Crippen LogP contribution is -2.49. The third-order valence-corrected chi connectivity index (χ3v) is 17.7. The first-order chi connectivity index (χ1) is 17.8. The molecular weight excluding hydrogens is 521 g/mol. The molecule has 0 amide bonds. The van der Waals surface area contributed by atoms with E-state index in [2.05, 4.69) is 94.2 Å². The maximum absolute atomic E-state index is 11.7. The first-order valence-electron chi connectivity index (χ1n) is 14.3. The van der Waals surface area contributed by atoms with Crippen LogP contribution in [0.2, 0.25) is 36.3 Å². The number of aliphatic hydroxyl groups excluding tert-OH is 1. The van der Waals surface area contributed by atoms with Gasteiger partial charge < -0.3 is 23.4 Å². The third kappa shape index (κ3) is 10.9. The first-order valence-corrected chi connectivity index (χ1v) is 20.1. The minimum Gasteiger partial charge on any atom is -0.497 e. The Labute approximate surface area is 242 Å². The normalized spacial score (nSPS) is 17.5. The summed E-state index contributed by atoms with van der Waals surface area (Å²) in [5.74, 6) is 0.950. The summed E-state index contributed by atoms with van der Waals surface area (Å²) >= 11 is 0. The molecule has 0 aliphatic carbocycles. The van der Waals surface area contributed by atoms with Crippen molar-refractivity contribution in [1.82, 2.24) is 0 Å². The molecular formula is C32H58O5Si2. The van der Waals surface area contributed by atoms with Crippen LogP contribution in [0.25, 0.3) is 0 Å². The topological polar surface area (TPSA) is 57.2 Å². The number of rotatable bonds is 15. The first kappa shape index (κ1) is 35.8. The Morgan fingerprint density at radius 1 is 0.872 bits per heavy atom. The van der Waals surface area contributed by atoms with Crippen molar-refractivity contribution < 1.29 is 23.4 Å². The summed E-state index contributed by atoms with van der Waals surface area (Å²) in [6.07, 6.45) is 4.72. The molecule has 0 heterocycles. The van der Waals surface area contributed by atoms with E-state index in [0.29, 0.717) is 13.0 Å². The van der Waals surface area contributed by atoms with Gasteiger partial charge in [-0.3, -0.25) is 0 Å². The Morgan fingerprint density at radius 2 is 1.38 bits per heavy atom. The summed E-state index contributed by atoms with van der Waals surface area (Å²) in [7, 11) is -2.38. The molecule has 1 rings (SSSR count). The fraction of sp³-hybridized carbons (Fsp3) is 0.688. The molecule has 1 aromatic rings. The Morgan fingerprint density at radius 3 is 1.85 bits per heavy atom. The quantitative estimate of drug-likeness (QED) is 0.167. The van der Waals surface area contributed by atoms with Gasteiger partial charge in [-0.25, -0.2) is 0 Å². The van der Waals surface area contributed by atoms with E-state index >= 15 is 0 Å². The third-order valence-electron chi connectivity index (χ3n) is 8.60. The highest BCUT2D eigenvalue weighted by Crippen LogP contribution is 2.39. The monoisotopic (exact) mass is 578 g/mol. The van der Waals surface area contributed by atoms with E-state index in [1.165, 1.54) is 0 Å². The second kappa shape index (κ2) is 14.6. The van der Waals surface area contributed by atoms with Crippen molar-refractivity contribution in [2.45, 2.75) is 129 Å². The zero-order valence-corrected chi connectivity index (χ0v) is 29.1. The van der Waals surface area contributed by atoms with Gasteiger partial charge in [0.25, 0.3) is 0 Å². The summed E-state index contributed by atoms with van der Waals surface area (Å²) < 4.78 is 25.0. The van der Waals surface area contributed by atoms with Gasteiger partial charge in [-0.2, -0.15) is 0 Å². The molecule has 5 atom stereocenters. The molecule has 5 nitrogen and oxygen atoms in total. The van der Waals surface area contributed by atoms with Crippen LogP contribution in [0.3, 0.4) is 0 Å². The van der Waals surface area contributed by atoms with Crippen molar-refractivity contribution in [3.63, 3.8) is 0 Å². The van der Waals surface area contributed by atoms with Crippen LogP contribution in [-0.4, -0.2) is 53.3 Å². The van der Waals surface area contributed by atoms with Crippen LogP contribution < -0.4 is 4.74 Å². The summed E-state index contributed by atoms with van der Waals surface area (Å²) in [6, 6.07) is 7.81. The van der Waals surface area contributed by atoms with Crippen molar-refractivity contribution >= 4 is 16.6 Å². The Kier molecular flexibility index (Phi) is 13.4. The molecule has 39 heavy (non-hydrogen) atoms. The summed E-state index contributed by atoms with van der Waals surface area (Å²) in [5.41, 5.74) is 1.01. The minimum atomic E-state index is -2.14. The molecule has 0 aliphatic heterocycles. The molecule has 7 heteroatoms. The van der Waals surface area contributed by atoms with Crippen molar-refractivity contribution in [3.05, 3.63) is 54.6 Å². The zero-order valence-electron chi connectivity index (χ0n) is 27.1. The molecule has 0 saturated carbocycles. The van der Waals surface area contributed by atoms with Gasteiger partial charge in [0.1, 0.15) is 18.0 Å². The predicted molar refractivity (Wildman–Crippen MR) is 171 cm³/mol. The number of hydrogen-bond donors (Lipinski definition) is 1. The van der Waals surface area contributed by atoms with Gasteiger partial charge in [0.15, 0.2) is 16.6 Å². The van der Waals surface area contributed by atoms with Crippen LogP contribution in [0.5, 0.6) is 5.75 Å². The van der Waals surface area contributed by atoms with Crippen molar-refractivity contribution in [3.8, 4) is 5.75 Å². The molecule has 0 bridgehead atoms. The molecule has 0 radical (unpaired) electrons. The lowest BCUT2D eigenvalue weighted by Gasteiger charge is -2.41. The number of ether oxygens (including phenoxy) is 2. The average Bonchev–Trinajstić information content (AvgIpc) is 2.81. The molecule has 0 aliphatic rings. The average molecular weight is 579 g/mol. The molecule has 1 N–H and O–H groups in total. The molecule has 0 spiro atoms. The summed E-state index contributed by atoms with van der Waals surface area (Å²) in [6.45, 7) is 31.0. The molecule has 0 fully saturated rings. The van der Waals surface area contributed by atoms with Gasteiger partial charge in [-0.05, 0) is 73.2 Å². The van der Waals surface area contributed by atoms with Gasteiger partial charge >= 0.3 is 0 Å². The van der Waals surface area contributed by atoms with Gasteiger partial charge in [-0.1, -0.05) is 78.8 Å². The highest BCUT2D eigenvalue weighted by molar-refractivity contribution is 6.74. The second-order valence-electron chi connectivity index (χ2n) is 13.9. The largest absolute Gasteiger partial charge is 0.497 e. The lowest BCUT2D eigenvalue weighted by molar-refractivity contribution is -0.0699. The van der Waals surface area contributed by atoms with Crippen LogP contribution >= 0.6 is 0 Å². The molecule has 0 saturated heterocycles. The van der Waals surface area contributed by atoms with E-state index in [9.17, 15) is 5.11 Å². The highest BCUT2D eigenvalue weighted by Gasteiger charge is 2.42. The minimum absolute atomic E-state index is 0.0203. The van der Waals surface area contributed by atoms with E-state index in [1.807, 2.05) is 36.4 Å². The Bertz CT molecular complexity index is 897. The van der Waals surface area contributed by atoms with Crippen molar-refractivity contribution in [2.75, 3.05) is 7.11 Å². The van der Waals surface area contributed by atoms with Gasteiger partial charge in [-0.15, -0.1) is 6.58 Å². The van der Waals surface area contributed by atoms with E-state index in [0.717, 1.165) is 11.3 Å². The number of benzene rings is 1. The summed E-state index contributed by atoms with van der Waals surface area (Å²) in [5, 5.41) is 11.8. The zero-order chi connectivity index (χ0) is 30.2. The summed E-state index contributed by atoms with van der Waals surface area (Å²) in [4.78, 5) is 0. The van der Waals surface area contributed by atoms with Crippen LogP contribution in [0.1, 0.15) is 67.4 Å². The van der Waals surface area contributed by atoms with Crippen LogP contribution in [0.15, 0.2) is 49.1 Å². The van der Waals surface area contributed by atoms with Crippen molar-refractivity contribution in [1.29, 1.82) is 0 Å². The predicted octanol–water partition coefficient (Wildman–Crippen LogP) is 8.51. The van der Waals surface area contributed by atoms with E-state index < -0.39 is 34.9 Å². The number of aliphatic hydroxyl groups is 1. The lowest BCUT2D eigenvalue weighted by atomic mass is 10.0. The van der Waals surface area contributed by atoms with Gasteiger partial charge in [0.05, 0.1) is 19.8 Å². The Balaban J connectivity index is 3.22. The van der Waals surface area contributed by atoms with E-state index in [1.54, 1.807) is 7.11 Å². The maximum atomic E-state index is 11.7. The SMILES string of the molecule is C=CC[C@H](O[Si](C)(C)C(C)(C)C)[C@H](O)[C@@H](/C=C\[C@@H](C)C(C)O[Si](C)(C)C(C)(C)C)OCc1ccc(OC)cc1. The second-order valence-corrected chi connectivity index (χ2v) is 23.4. The fourth-order valence-electron chi connectivity index (χ4n) is 3.56. The van der Waals surface area contributed by atoms with Crippen LogP contribution in [-0.2, 0) is 20.2 Å². The standard InChI is InChI=1S/C32H58O5Si2/c1-15-16-29(37-39(13,14)32(7,8)9)30(33)28(35-23-26-18-20-27(34-10)21-19-26)22-17-24(2)25(3)36-38(11,12)31(4,5)6/h15,17-22,24-25,28-30,33H,1,16,23H2,2-14H3/b22-17-/t24-,25?,28-,29+,30-/m1/s1. The van der Waals surface area contributed by atoms with Crippen LogP contribution in [0, 0.1) is 5.92 Å². The molecule has 1 aromatic carbocycles. The smallest absolute Gasteiger partial charge is 0.192 e. The highest BCUT2D eigenvalue weighted by atomic mass is 28.4. The fourth-order valence-corrected chi connectivity index (χ4v) is 6.40. The maximum Gasteiger partial charge on any atom is 0.192 e. The Hall–Kier alpha value is -1.23. The van der Waals surface area contributed by atoms with Gasteiger partial charge in [0, 0.05) is 6.10 Å². The van der Waals surface area contributed by atoms with E-state index in [4.69, 9.17) is 18.3 Å². The molecule has 0 aromatic heterocycles. The van der Waals surface area contributed by atoms with Crippen LogP contribution in [0.4, 0.5) is 0 Å². The molecule has 1 unspecified atom stereocenters. The van der Waals surface area contributed by atoms with E-state index in [-0.39, 0.29) is 22.1 Å².